The molecule has 0 aromatic carbocycles. The maximum absolute atomic E-state index is 12.5. The molecule has 7 nitrogen and oxygen atoms in total. The van der Waals surface area contributed by atoms with Crippen LogP contribution in [0.3, 0.4) is 0 Å². The molecule has 118 valence electrons. The second kappa shape index (κ2) is 6.04. The highest BCUT2D eigenvalue weighted by Gasteiger charge is 2.14. The van der Waals surface area contributed by atoms with Crippen LogP contribution in [0.4, 0.5) is 5.69 Å². The number of fused-ring (bicyclic) bond motifs is 1. The van der Waals surface area contributed by atoms with Gasteiger partial charge in [0.15, 0.2) is 0 Å². The molecule has 0 saturated heterocycles. The van der Waals surface area contributed by atoms with Crippen molar-refractivity contribution in [1.29, 1.82) is 0 Å². The molecule has 3 rings (SSSR count). The molecule has 0 aliphatic heterocycles. The summed E-state index contributed by atoms with van der Waals surface area (Å²) in [6, 6.07) is 5.20. The van der Waals surface area contributed by atoms with Crippen molar-refractivity contribution in [2.24, 2.45) is 0 Å². The number of carbonyl (C=O) groups is 1. The largest absolute Gasteiger partial charge is 0.481 e. The molecule has 7 heteroatoms. The molecule has 3 aromatic rings. The normalized spacial score (nSPS) is 10.7. The average molecular weight is 312 g/mol. The van der Waals surface area contributed by atoms with Crippen LogP contribution in [-0.2, 0) is 6.42 Å². The number of nitrogens with one attached hydrogen (secondary N) is 1. The Bertz CT molecular complexity index is 873. The van der Waals surface area contributed by atoms with Gasteiger partial charge in [0.1, 0.15) is 0 Å². The smallest absolute Gasteiger partial charge is 0.257 e. The van der Waals surface area contributed by atoms with Crippen LogP contribution in [-0.4, -0.2) is 28.1 Å². The van der Waals surface area contributed by atoms with Gasteiger partial charge in [0.25, 0.3) is 11.6 Å². The van der Waals surface area contributed by atoms with Gasteiger partial charge >= 0.3 is 0 Å². The Kier molecular flexibility index (Phi) is 3.92. The van der Waals surface area contributed by atoms with E-state index >= 15 is 0 Å². The second-order valence-electron chi connectivity index (χ2n) is 5.00. The van der Waals surface area contributed by atoms with Gasteiger partial charge in [-0.15, -0.1) is 0 Å². The van der Waals surface area contributed by atoms with E-state index in [0.717, 1.165) is 11.1 Å². The molecule has 0 unspecified atom stereocenters. The van der Waals surface area contributed by atoms with Crippen molar-refractivity contribution in [2.45, 2.75) is 20.3 Å². The van der Waals surface area contributed by atoms with E-state index in [1.54, 1.807) is 32.2 Å². The molecule has 3 aromatic heterocycles. The van der Waals surface area contributed by atoms with Gasteiger partial charge in [0, 0.05) is 12.3 Å². The van der Waals surface area contributed by atoms with Crippen LogP contribution in [0.15, 0.2) is 28.9 Å². The zero-order chi connectivity index (χ0) is 16.4. The lowest BCUT2D eigenvalue weighted by molar-refractivity contribution is 0.102. The summed E-state index contributed by atoms with van der Waals surface area (Å²) in [7, 11) is 1.56. The maximum atomic E-state index is 12.5. The van der Waals surface area contributed by atoms with Crippen LogP contribution in [0.2, 0.25) is 0 Å². The van der Waals surface area contributed by atoms with Crippen LogP contribution < -0.4 is 10.1 Å². The predicted molar refractivity (Wildman–Crippen MR) is 84.7 cm³/mol. The van der Waals surface area contributed by atoms with Crippen molar-refractivity contribution >= 4 is 22.7 Å². The van der Waals surface area contributed by atoms with Gasteiger partial charge in [-0.3, -0.25) is 4.79 Å². The number of hydrogen-bond acceptors (Lipinski definition) is 6. The summed E-state index contributed by atoms with van der Waals surface area (Å²) in [5, 5.41) is 7.41. The third-order valence-electron chi connectivity index (χ3n) is 3.51. The van der Waals surface area contributed by atoms with E-state index in [2.05, 4.69) is 20.4 Å². The molecule has 0 atom stereocenters. The standard InChI is InChI=1S/C16H16N4O3/c1-4-12-13(5-6-14(18-12)22-3)19-15(21)10-7-11-9(2)20-23-16(11)17-8-10/h5-8H,4H2,1-3H3,(H,19,21). The Morgan fingerprint density at radius 2 is 2.22 bits per heavy atom. The first-order valence-electron chi connectivity index (χ1n) is 7.19. The van der Waals surface area contributed by atoms with Crippen molar-refractivity contribution in [3.05, 3.63) is 41.3 Å². The number of methoxy groups -OCH3 is 1. The summed E-state index contributed by atoms with van der Waals surface area (Å²) >= 11 is 0. The molecule has 0 bridgehead atoms. The molecular formula is C16H16N4O3. The van der Waals surface area contributed by atoms with E-state index in [-0.39, 0.29) is 5.91 Å². The highest BCUT2D eigenvalue weighted by molar-refractivity contribution is 6.05. The van der Waals surface area contributed by atoms with Gasteiger partial charge in [0.05, 0.1) is 35.1 Å². The number of pyridine rings is 2. The number of nitrogens with zero attached hydrogens (tertiary/aromatic N) is 3. The SMILES string of the molecule is CCc1nc(OC)ccc1NC(=O)c1cnc2onc(C)c2c1. The Balaban J connectivity index is 1.89. The van der Waals surface area contributed by atoms with Gasteiger partial charge in [-0.1, -0.05) is 12.1 Å². The van der Waals surface area contributed by atoms with Crippen LogP contribution in [0.5, 0.6) is 5.88 Å². The lowest BCUT2D eigenvalue weighted by atomic mass is 10.2. The highest BCUT2D eigenvalue weighted by atomic mass is 16.5. The highest BCUT2D eigenvalue weighted by Crippen LogP contribution is 2.21. The maximum Gasteiger partial charge on any atom is 0.257 e. The number of aryl methyl sites for hydroxylation is 2. The van der Waals surface area contributed by atoms with E-state index in [1.165, 1.54) is 6.20 Å². The Morgan fingerprint density at radius 1 is 1.39 bits per heavy atom. The van der Waals surface area contributed by atoms with E-state index in [9.17, 15) is 4.79 Å². The Hall–Kier alpha value is -2.96. The fourth-order valence-corrected chi connectivity index (χ4v) is 2.24. The molecule has 23 heavy (non-hydrogen) atoms. The summed E-state index contributed by atoms with van der Waals surface area (Å²) in [6.45, 7) is 3.77. The quantitative estimate of drug-likeness (QED) is 0.796. The summed E-state index contributed by atoms with van der Waals surface area (Å²) in [6.07, 6.45) is 2.14. The first-order chi connectivity index (χ1) is 11.1. The second-order valence-corrected chi connectivity index (χ2v) is 5.00. The van der Waals surface area contributed by atoms with Crippen LogP contribution >= 0.6 is 0 Å². The van der Waals surface area contributed by atoms with Gasteiger partial charge in [-0.25, -0.2) is 9.97 Å². The minimum absolute atomic E-state index is 0.262. The lowest BCUT2D eigenvalue weighted by Crippen LogP contribution is -2.14. The van der Waals surface area contributed by atoms with Crippen molar-refractivity contribution in [3.8, 4) is 5.88 Å². The van der Waals surface area contributed by atoms with Gasteiger partial charge in [0.2, 0.25) is 5.88 Å². The molecule has 0 spiro atoms. The number of ether oxygens (including phenoxy) is 1. The number of hydrogen-bond donors (Lipinski definition) is 1. The summed E-state index contributed by atoms with van der Waals surface area (Å²) in [5.41, 5.74) is 2.96. The van der Waals surface area contributed by atoms with Crippen molar-refractivity contribution in [1.82, 2.24) is 15.1 Å². The monoisotopic (exact) mass is 312 g/mol. The van der Waals surface area contributed by atoms with Crippen molar-refractivity contribution < 1.29 is 14.1 Å². The Labute approximate surface area is 132 Å². The Morgan fingerprint density at radius 3 is 2.96 bits per heavy atom. The number of amides is 1. The number of rotatable bonds is 4. The fraction of sp³-hybridized carbons (Fsp3) is 0.250. The molecule has 0 radical (unpaired) electrons. The summed E-state index contributed by atoms with van der Waals surface area (Å²) in [5.74, 6) is 0.254. The van der Waals surface area contributed by atoms with E-state index < -0.39 is 0 Å². The molecule has 0 fully saturated rings. The molecule has 1 amide bonds. The first kappa shape index (κ1) is 15.0. The number of aromatic nitrogens is 3. The molecule has 0 saturated carbocycles. The summed E-state index contributed by atoms with van der Waals surface area (Å²) in [4.78, 5) is 20.9. The third-order valence-corrected chi connectivity index (χ3v) is 3.51. The van der Waals surface area contributed by atoms with Crippen LogP contribution in [0.1, 0.15) is 28.7 Å². The zero-order valence-corrected chi connectivity index (χ0v) is 13.1. The first-order valence-corrected chi connectivity index (χ1v) is 7.19. The fourth-order valence-electron chi connectivity index (χ4n) is 2.24. The van der Waals surface area contributed by atoms with Gasteiger partial charge in [-0.05, 0) is 25.5 Å². The minimum atomic E-state index is -0.262. The summed E-state index contributed by atoms with van der Waals surface area (Å²) < 4.78 is 10.1. The zero-order valence-electron chi connectivity index (χ0n) is 13.1. The molecular weight excluding hydrogens is 296 g/mol. The molecule has 0 aliphatic rings. The van der Waals surface area contributed by atoms with E-state index in [1.807, 2.05) is 6.92 Å². The number of carbonyl (C=O) groups excluding carboxylic acids is 1. The van der Waals surface area contributed by atoms with E-state index in [4.69, 9.17) is 9.26 Å². The van der Waals surface area contributed by atoms with Gasteiger partial charge in [-0.2, -0.15) is 0 Å². The lowest BCUT2D eigenvalue weighted by Gasteiger charge is -2.10. The van der Waals surface area contributed by atoms with E-state index in [0.29, 0.717) is 35.0 Å². The van der Waals surface area contributed by atoms with Crippen molar-refractivity contribution in [2.75, 3.05) is 12.4 Å². The van der Waals surface area contributed by atoms with Gasteiger partial charge < -0.3 is 14.6 Å². The molecule has 0 aliphatic carbocycles. The molecule has 3 heterocycles. The van der Waals surface area contributed by atoms with Crippen LogP contribution in [0.25, 0.3) is 11.1 Å². The van der Waals surface area contributed by atoms with Crippen LogP contribution in [0, 0.1) is 6.92 Å². The number of anilines is 1. The third kappa shape index (κ3) is 2.85. The average Bonchev–Trinajstić information content (AvgIpc) is 2.95. The predicted octanol–water partition coefficient (Wildman–Crippen LogP) is 2.75. The van der Waals surface area contributed by atoms with Crippen molar-refractivity contribution in [3.63, 3.8) is 0 Å². The topological polar surface area (TPSA) is 90.1 Å². The minimum Gasteiger partial charge on any atom is -0.481 e. The molecule has 1 N–H and O–H groups in total.